The highest BCUT2D eigenvalue weighted by atomic mass is 127. The topological polar surface area (TPSA) is 62.9 Å². The van der Waals surface area contributed by atoms with E-state index in [1.165, 1.54) is 43.7 Å². The quantitative estimate of drug-likeness (QED) is 0.259. The van der Waals surface area contributed by atoms with Crippen molar-refractivity contribution in [2.45, 2.75) is 39.1 Å². The van der Waals surface area contributed by atoms with Crippen LogP contribution in [-0.4, -0.2) is 43.4 Å². The molecule has 27 heavy (non-hydrogen) atoms. The summed E-state index contributed by atoms with van der Waals surface area (Å²) < 4.78 is 40.2. The number of benzene rings is 1. The lowest BCUT2D eigenvalue weighted by Crippen LogP contribution is -2.38. The molecule has 2 rings (SSSR count). The van der Waals surface area contributed by atoms with E-state index in [0.717, 1.165) is 37.5 Å². The Morgan fingerprint density at radius 1 is 1.33 bits per heavy atom. The summed E-state index contributed by atoms with van der Waals surface area (Å²) in [5.74, 6) is 0.868. The summed E-state index contributed by atoms with van der Waals surface area (Å²) in [4.78, 5) is 6.68. The maximum Gasteiger partial charge on any atom is 0.573 e. The van der Waals surface area contributed by atoms with E-state index >= 15 is 0 Å². The van der Waals surface area contributed by atoms with Gasteiger partial charge in [0, 0.05) is 13.1 Å². The number of nitrogens with zero attached hydrogens (tertiary/aromatic N) is 2. The molecule has 0 aromatic heterocycles. The fourth-order valence-electron chi connectivity index (χ4n) is 3.04. The number of nitrogens with two attached hydrogens (primary N) is 1. The van der Waals surface area contributed by atoms with Gasteiger partial charge >= 0.3 is 6.36 Å². The number of ether oxygens (including phenoxy) is 1. The lowest BCUT2D eigenvalue weighted by atomic mass is 10.0. The Morgan fingerprint density at radius 2 is 2.04 bits per heavy atom. The van der Waals surface area contributed by atoms with Gasteiger partial charge in [0.15, 0.2) is 5.96 Å². The number of piperidine rings is 1. The molecule has 0 amide bonds. The molecular weight excluding hydrogens is 472 g/mol. The Balaban J connectivity index is 0.00000364. The molecular formula is C18H28F3IN4O. The average Bonchev–Trinajstić information content (AvgIpc) is 2.57. The van der Waals surface area contributed by atoms with E-state index in [4.69, 9.17) is 5.73 Å². The van der Waals surface area contributed by atoms with Crippen molar-refractivity contribution < 1.29 is 17.9 Å². The summed E-state index contributed by atoms with van der Waals surface area (Å²) >= 11 is 0. The van der Waals surface area contributed by atoms with Crippen LogP contribution in [0.5, 0.6) is 5.75 Å². The van der Waals surface area contributed by atoms with E-state index in [0.29, 0.717) is 12.5 Å². The number of aliphatic imine (C=N–C) groups is 1. The van der Waals surface area contributed by atoms with Crippen molar-refractivity contribution in [2.75, 3.05) is 26.2 Å². The molecule has 5 nitrogen and oxygen atoms in total. The SMILES string of the molecule is CC1CCCN(CCCNC(N)=NCc2ccc(OC(F)(F)F)cc2)C1.I. The third-order valence-electron chi connectivity index (χ3n) is 4.29. The second kappa shape index (κ2) is 11.6. The first-order valence-electron chi connectivity index (χ1n) is 8.92. The van der Waals surface area contributed by atoms with E-state index in [2.05, 4.69) is 26.9 Å². The fourth-order valence-corrected chi connectivity index (χ4v) is 3.04. The maximum atomic E-state index is 12.1. The van der Waals surface area contributed by atoms with E-state index in [9.17, 15) is 13.2 Å². The Hall–Kier alpha value is -1.23. The zero-order valence-corrected chi connectivity index (χ0v) is 17.8. The van der Waals surface area contributed by atoms with Crippen LogP contribution in [0.15, 0.2) is 29.3 Å². The first-order valence-corrected chi connectivity index (χ1v) is 8.92. The predicted octanol–water partition coefficient (Wildman–Crippen LogP) is 3.73. The highest BCUT2D eigenvalue weighted by molar-refractivity contribution is 14.0. The third kappa shape index (κ3) is 10.0. The zero-order valence-electron chi connectivity index (χ0n) is 15.5. The van der Waals surface area contributed by atoms with Crippen molar-refractivity contribution >= 4 is 29.9 Å². The molecule has 1 unspecified atom stereocenters. The van der Waals surface area contributed by atoms with Gasteiger partial charge in [0.1, 0.15) is 5.75 Å². The van der Waals surface area contributed by atoms with E-state index in [-0.39, 0.29) is 29.7 Å². The summed E-state index contributed by atoms with van der Waals surface area (Å²) in [6.07, 6.45) is -1.10. The smallest absolute Gasteiger partial charge is 0.406 e. The van der Waals surface area contributed by atoms with Crippen molar-refractivity contribution in [3.05, 3.63) is 29.8 Å². The number of rotatable bonds is 7. The largest absolute Gasteiger partial charge is 0.573 e. The summed E-state index contributed by atoms with van der Waals surface area (Å²) in [6.45, 7) is 6.72. The Kier molecular flexibility index (Phi) is 10.2. The van der Waals surface area contributed by atoms with Crippen LogP contribution in [0.1, 0.15) is 31.7 Å². The minimum atomic E-state index is -4.68. The molecule has 9 heteroatoms. The van der Waals surface area contributed by atoms with E-state index < -0.39 is 6.36 Å². The van der Waals surface area contributed by atoms with Gasteiger partial charge in [-0.2, -0.15) is 0 Å². The normalized spacial score (nSPS) is 18.7. The second-order valence-electron chi connectivity index (χ2n) is 6.72. The van der Waals surface area contributed by atoms with Crippen LogP contribution >= 0.6 is 24.0 Å². The number of hydrogen-bond donors (Lipinski definition) is 2. The van der Waals surface area contributed by atoms with E-state index in [1.807, 2.05) is 0 Å². The maximum absolute atomic E-state index is 12.1. The Morgan fingerprint density at radius 3 is 2.67 bits per heavy atom. The molecule has 1 saturated heterocycles. The first kappa shape index (κ1) is 23.8. The molecule has 1 fully saturated rings. The van der Waals surface area contributed by atoms with Gasteiger partial charge in [-0.1, -0.05) is 19.1 Å². The molecule has 0 bridgehead atoms. The summed E-state index contributed by atoms with van der Waals surface area (Å²) in [5.41, 5.74) is 6.58. The van der Waals surface area contributed by atoms with Gasteiger partial charge < -0.3 is 20.7 Å². The number of guanidine groups is 1. The van der Waals surface area contributed by atoms with Gasteiger partial charge in [0.2, 0.25) is 0 Å². The standard InChI is InChI=1S/C18H27F3N4O.HI/c1-14-4-2-10-25(13-14)11-3-9-23-17(22)24-12-15-5-7-16(8-6-15)26-18(19,20)21;/h5-8,14H,2-4,9-13H2,1H3,(H3,22,23,24);1H. The zero-order chi connectivity index (χ0) is 19.0. The summed E-state index contributed by atoms with van der Waals surface area (Å²) in [5, 5.41) is 3.07. The van der Waals surface area contributed by atoms with Crippen LogP contribution in [0.25, 0.3) is 0 Å². The molecule has 1 aromatic carbocycles. The van der Waals surface area contributed by atoms with Crippen LogP contribution in [0.3, 0.4) is 0 Å². The van der Waals surface area contributed by atoms with Gasteiger partial charge in [-0.05, 0) is 56.0 Å². The molecule has 1 aliphatic heterocycles. The second-order valence-corrected chi connectivity index (χ2v) is 6.72. The Labute approximate surface area is 175 Å². The monoisotopic (exact) mass is 500 g/mol. The van der Waals surface area contributed by atoms with E-state index in [1.54, 1.807) is 0 Å². The minimum Gasteiger partial charge on any atom is -0.406 e. The van der Waals surface area contributed by atoms with Crippen LogP contribution < -0.4 is 15.8 Å². The third-order valence-corrected chi connectivity index (χ3v) is 4.29. The van der Waals surface area contributed by atoms with Crippen LogP contribution in [0.2, 0.25) is 0 Å². The van der Waals surface area contributed by atoms with Gasteiger partial charge in [-0.15, -0.1) is 37.1 Å². The lowest BCUT2D eigenvalue weighted by Gasteiger charge is -2.30. The van der Waals surface area contributed by atoms with Crippen molar-refractivity contribution in [3.63, 3.8) is 0 Å². The molecule has 1 aromatic rings. The Bertz CT molecular complexity index is 581. The van der Waals surface area contributed by atoms with Crippen molar-refractivity contribution in [2.24, 2.45) is 16.6 Å². The van der Waals surface area contributed by atoms with Crippen molar-refractivity contribution in [1.29, 1.82) is 0 Å². The lowest BCUT2D eigenvalue weighted by molar-refractivity contribution is -0.274. The van der Waals surface area contributed by atoms with Crippen molar-refractivity contribution in [1.82, 2.24) is 10.2 Å². The number of nitrogens with one attached hydrogen (secondary N) is 1. The highest BCUT2D eigenvalue weighted by Gasteiger charge is 2.30. The molecule has 1 aliphatic rings. The summed E-state index contributed by atoms with van der Waals surface area (Å²) in [6, 6.07) is 5.61. The fraction of sp³-hybridized carbons (Fsp3) is 0.611. The van der Waals surface area contributed by atoms with Gasteiger partial charge in [0.25, 0.3) is 0 Å². The first-order chi connectivity index (χ1) is 12.3. The van der Waals surface area contributed by atoms with Crippen LogP contribution in [-0.2, 0) is 6.54 Å². The van der Waals surface area contributed by atoms with Gasteiger partial charge in [0.05, 0.1) is 6.54 Å². The van der Waals surface area contributed by atoms with Crippen molar-refractivity contribution in [3.8, 4) is 5.75 Å². The number of likely N-dealkylation sites (tertiary alicyclic amines) is 1. The van der Waals surface area contributed by atoms with Crippen LogP contribution in [0.4, 0.5) is 13.2 Å². The van der Waals surface area contributed by atoms with Crippen LogP contribution in [0, 0.1) is 5.92 Å². The minimum absolute atomic E-state index is 0. The molecule has 1 atom stereocenters. The number of hydrogen-bond acceptors (Lipinski definition) is 3. The molecule has 0 aliphatic carbocycles. The molecule has 154 valence electrons. The molecule has 0 spiro atoms. The number of alkyl halides is 3. The average molecular weight is 500 g/mol. The summed E-state index contributed by atoms with van der Waals surface area (Å²) in [7, 11) is 0. The van der Waals surface area contributed by atoms with Gasteiger partial charge in [-0.3, -0.25) is 0 Å². The molecule has 0 saturated carbocycles. The van der Waals surface area contributed by atoms with Gasteiger partial charge in [-0.25, -0.2) is 4.99 Å². The molecule has 0 radical (unpaired) electrons. The molecule has 3 N–H and O–H groups in total. The predicted molar refractivity (Wildman–Crippen MR) is 111 cm³/mol. The highest BCUT2D eigenvalue weighted by Crippen LogP contribution is 2.22. The number of halogens is 4. The molecule has 1 heterocycles.